The SMILES string of the molecule is COc1ccccc1N(C=O)C1CCN(C(=O)Cc2ccc(C)cc2)CC1. The first-order valence-electron chi connectivity index (χ1n) is 9.32. The van der Waals surface area contributed by atoms with Gasteiger partial charge in [-0.3, -0.25) is 9.59 Å². The minimum atomic E-state index is 0.0715. The summed E-state index contributed by atoms with van der Waals surface area (Å²) in [5.74, 6) is 0.828. The number of methoxy groups -OCH3 is 1. The summed E-state index contributed by atoms with van der Waals surface area (Å²) < 4.78 is 5.39. The fourth-order valence-electron chi connectivity index (χ4n) is 3.57. The first-order valence-corrected chi connectivity index (χ1v) is 9.32. The smallest absolute Gasteiger partial charge is 0.226 e. The van der Waals surface area contributed by atoms with Crippen LogP contribution in [-0.2, 0) is 16.0 Å². The van der Waals surface area contributed by atoms with E-state index in [1.165, 1.54) is 5.56 Å². The fourth-order valence-corrected chi connectivity index (χ4v) is 3.57. The van der Waals surface area contributed by atoms with E-state index in [0.717, 1.165) is 30.5 Å². The van der Waals surface area contributed by atoms with Crippen LogP contribution in [0.15, 0.2) is 48.5 Å². The first kappa shape index (κ1) is 19.0. The molecule has 0 aromatic heterocycles. The van der Waals surface area contributed by atoms with Crippen molar-refractivity contribution >= 4 is 18.0 Å². The zero-order valence-electron chi connectivity index (χ0n) is 15.9. The second kappa shape index (κ2) is 8.71. The van der Waals surface area contributed by atoms with Gasteiger partial charge in [-0.25, -0.2) is 0 Å². The van der Waals surface area contributed by atoms with Gasteiger partial charge in [0, 0.05) is 19.1 Å². The molecule has 1 saturated heterocycles. The highest BCUT2D eigenvalue weighted by Gasteiger charge is 2.28. The summed E-state index contributed by atoms with van der Waals surface area (Å²) in [6, 6.07) is 15.7. The third-order valence-electron chi connectivity index (χ3n) is 5.16. The van der Waals surface area contributed by atoms with Gasteiger partial charge < -0.3 is 14.5 Å². The lowest BCUT2D eigenvalue weighted by molar-refractivity contribution is -0.131. The predicted octanol–water partition coefficient (Wildman–Crippen LogP) is 3.20. The number of hydrogen-bond acceptors (Lipinski definition) is 3. The van der Waals surface area contributed by atoms with Crippen molar-refractivity contribution in [1.82, 2.24) is 4.90 Å². The number of amides is 2. The Morgan fingerprint density at radius 1 is 1.15 bits per heavy atom. The standard InChI is InChI=1S/C22H26N2O3/c1-17-7-9-18(10-8-17)15-22(26)23-13-11-19(12-14-23)24(16-25)20-5-3-4-6-21(20)27-2/h3-10,16,19H,11-15H2,1-2H3. The number of ether oxygens (including phenoxy) is 1. The van der Waals surface area contributed by atoms with Crippen LogP contribution in [0.25, 0.3) is 0 Å². The molecule has 0 aliphatic carbocycles. The van der Waals surface area contributed by atoms with Crippen LogP contribution in [0.3, 0.4) is 0 Å². The summed E-state index contributed by atoms with van der Waals surface area (Å²) >= 11 is 0. The summed E-state index contributed by atoms with van der Waals surface area (Å²) in [5, 5.41) is 0. The Morgan fingerprint density at radius 2 is 1.81 bits per heavy atom. The Hall–Kier alpha value is -2.82. The van der Waals surface area contributed by atoms with E-state index >= 15 is 0 Å². The maximum absolute atomic E-state index is 12.6. The summed E-state index contributed by atoms with van der Waals surface area (Å²) in [6.45, 7) is 3.36. The number of nitrogens with zero attached hydrogens (tertiary/aromatic N) is 2. The number of carbonyl (C=O) groups excluding carboxylic acids is 2. The number of para-hydroxylation sites is 2. The number of benzene rings is 2. The largest absolute Gasteiger partial charge is 0.495 e. The molecular formula is C22H26N2O3. The zero-order valence-corrected chi connectivity index (χ0v) is 15.9. The Morgan fingerprint density at radius 3 is 2.44 bits per heavy atom. The van der Waals surface area contributed by atoms with Gasteiger partial charge >= 0.3 is 0 Å². The average molecular weight is 366 g/mol. The number of carbonyl (C=O) groups is 2. The van der Waals surface area contributed by atoms with E-state index in [0.29, 0.717) is 25.3 Å². The molecule has 0 unspecified atom stereocenters. The molecule has 5 heteroatoms. The monoisotopic (exact) mass is 366 g/mol. The highest BCUT2D eigenvalue weighted by atomic mass is 16.5. The molecule has 2 aromatic carbocycles. The van der Waals surface area contributed by atoms with Gasteiger partial charge in [0.25, 0.3) is 0 Å². The maximum atomic E-state index is 12.6. The van der Waals surface area contributed by atoms with Crippen molar-refractivity contribution in [2.75, 3.05) is 25.1 Å². The van der Waals surface area contributed by atoms with E-state index in [2.05, 4.69) is 0 Å². The molecule has 5 nitrogen and oxygen atoms in total. The molecule has 0 radical (unpaired) electrons. The van der Waals surface area contributed by atoms with Crippen molar-refractivity contribution in [2.45, 2.75) is 32.2 Å². The zero-order chi connectivity index (χ0) is 19.2. The molecule has 1 aliphatic rings. The highest BCUT2D eigenvalue weighted by Crippen LogP contribution is 2.31. The van der Waals surface area contributed by atoms with Gasteiger partial charge in [-0.15, -0.1) is 0 Å². The highest BCUT2D eigenvalue weighted by molar-refractivity contribution is 5.81. The summed E-state index contributed by atoms with van der Waals surface area (Å²) in [4.78, 5) is 28.0. The molecule has 142 valence electrons. The van der Waals surface area contributed by atoms with Gasteiger partial charge in [0.05, 0.1) is 19.2 Å². The average Bonchev–Trinajstić information content (AvgIpc) is 2.71. The molecular weight excluding hydrogens is 340 g/mol. The van der Waals surface area contributed by atoms with E-state index in [9.17, 15) is 9.59 Å². The second-order valence-electron chi connectivity index (χ2n) is 6.96. The van der Waals surface area contributed by atoms with E-state index in [1.54, 1.807) is 12.0 Å². The number of rotatable bonds is 6. The van der Waals surface area contributed by atoms with E-state index in [1.807, 2.05) is 60.4 Å². The summed E-state index contributed by atoms with van der Waals surface area (Å²) in [5.41, 5.74) is 3.01. The molecule has 2 aromatic rings. The Balaban J connectivity index is 1.61. The molecule has 0 N–H and O–H groups in total. The Kier molecular flexibility index (Phi) is 6.12. The third kappa shape index (κ3) is 4.48. The molecule has 2 amide bonds. The van der Waals surface area contributed by atoms with Gasteiger partial charge in [0.15, 0.2) is 0 Å². The molecule has 27 heavy (non-hydrogen) atoms. The van der Waals surface area contributed by atoms with E-state index < -0.39 is 0 Å². The molecule has 0 spiro atoms. The van der Waals surface area contributed by atoms with Gasteiger partial charge in [0.1, 0.15) is 5.75 Å². The van der Waals surface area contributed by atoms with Crippen molar-refractivity contribution in [1.29, 1.82) is 0 Å². The molecule has 0 bridgehead atoms. The summed E-state index contributed by atoms with van der Waals surface area (Å²) in [6.07, 6.45) is 2.81. The first-order chi connectivity index (χ1) is 13.1. The summed E-state index contributed by atoms with van der Waals surface area (Å²) in [7, 11) is 1.61. The van der Waals surface area contributed by atoms with E-state index in [4.69, 9.17) is 4.74 Å². The fraction of sp³-hybridized carbons (Fsp3) is 0.364. The quantitative estimate of drug-likeness (QED) is 0.738. The van der Waals surface area contributed by atoms with Gasteiger partial charge in [0.2, 0.25) is 12.3 Å². The number of piperidine rings is 1. The lowest BCUT2D eigenvalue weighted by atomic mass is 10.0. The molecule has 1 fully saturated rings. The van der Waals surface area contributed by atoms with Crippen LogP contribution in [0.4, 0.5) is 5.69 Å². The van der Waals surface area contributed by atoms with Crippen molar-refractivity contribution in [3.63, 3.8) is 0 Å². The van der Waals surface area contributed by atoms with Crippen LogP contribution in [0.5, 0.6) is 5.75 Å². The van der Waals surface area contributed by atoms with Gasteiger partial charge in [-0.2, -0.15) is 0 Å². The molecule has 1 aliphatic heterocycles. The van der Waals surface area contributed by atoms with Crippen LogP contribution in [0, 0.1) is 6.92 Å². The minimum absolute atomic E-state index is 0.0715. The van der Waals surface area contributed by atoms with Crippen molar-refractivity contribution < 1.29 is 14.3 Å². The number of aryl methyl sites for hydroxylation is 1. The van der Waals surface area contributed by atoms with Crippen LogP contribution in [0.1, 0.15) is 24.0 Å². The van der Waals surface area contributed by atoms with Gasteiger partial charge in [-0.1, -0.05) is 42.0 Å². The molecule has 3 rings (SSSR count). The topological polar surface area (TPSA) is 49.9 Å². The second-order valence-corrected chi connectivity index (χ2v) is 6.96. The molecule has 0 atom stereocenters. The van der Waals surface area contributed by atoms with Crippen LogP contribution < -0.4 is 9.64 Å². The van der Waals surface area contributed by atoms with Crippen molar-refractivity contribution in [3.05, 3.63) is 59.7 Å². The number of hydrogen-bond donors (Lipinski definition) is 0. The lowest BCUT2D eigenvalue weighted by Crippen LogP contribution is -2.47. The van der Waals surface area contributed by atoms with Crippen molar-refractivity contribution in [2.24, 2.45) is 0 Å². The lowest BCUT2D eigenvalue weighted by Gasteiger charge is -2.37. The van der Waals surface area contributed by atoms with Crippen molar-refractivity contribution in [3.8, 4) is 5.75 Å². The molecule has 0 saturated carbocycles. The Labute approximate surface area is 160 Å². The predicted molar refractivity (Wildman–Crippen MR) is 106 cm³/mol. The molecule has 1 heterocycles. The third-order valence-corrected chi connectivity index (χ3v) is 5.16. The number of anilines is 1. The van der Waals surface area contributed by atoms with Crippen LogP contribution in [-0.4, -0.2) is 43.5 Å². The normalized spacial score (nSPS) is 14.7. The van der Waals surface area contributed by atoms with Crippen LogP contribution >= 0.6 is 0 Å². The maximum Gasteiger partial charge on any atom is 0.226 e. The van der Waals surface area contributed by atoms with Crippen LogP contribution in [0.2, 0.25) is 0 Å². The minimum Gasteiger partial charge on any atom is -0.495 e. The Bertz CT molecular complexity index is 780. The van der Waals surface area contributed by atoms with E-state index in [-0.39, 0.29) is 11.9 Å². The van der Waals surface area contributed by atoms with Gasteiger partial charge in [-0.05, 0) is 37.5 Å². The number of likely N-dealkylation sites (tertiary alicyclic amines) is 1.